The lowest BCUT2D eigenvalue weighted by Gasteiger charge is -2.39. The number of carbonyl (C=O) groups excluding carboxylic acids is 1. The first-order chi connectivity index (χ1) is 17.7. The summed E-state index contributed by atoms with van der Waals surface area (Å²) in [5.74, 6) is -0.171. The molecule has 0 bridgehead atoms. The molecule has 2 aliphatic heterocycles. The zero-order valence-electron chi connectivity index (χ0n) is 19.9. The van der Waals surface area contributed by atoms with Gasteiger partial charge < -0.3 is 4.90 Å². The number of benzene rings is 1. The van der Waals surface area contributed by atoms with E-state index in [0.717, 1.165) is 36.1 Å². The first kappa shape index (κ1) is 25.9. The SMILES string of the molecule is O=C(CC1CCCCN1S(=O)(=O)c1cccc(C(F)(F)F)c1)N1CCc2sccc2C1c1ccncc1. The fourth-order valence-electron chi connectivity index (χ4n) is 5.27. The number of halogens is 3. The zero-order valence-corrected chi connectivity index (χ0v) is 21.5. The maximum Gasteiger partial charge on any atom is 0.416 e. The number of piperidine rings is 1. The number of sulfonamides is 1. The normalized spacial score (nSPS) is 21.0. The number of pyridine rings is 1. The minimum absolute atomic E-state index is 0.0285. The van der Waals surface area contributed by atoms with Gasteiger partial charge in [-0.1, -0.05) is 12.5 Å². The topological polar surface area (TPSA) is 70.6 Å². The summed E-state index contributed by atoms with van der Waals surface area (Å²) in [6, 6.07) is 8.67. The molecule has 5 rings (SSSR count). The number of alkyl halides is 3. The number of hydrogen-bond donors (Lipinski definition) is 0. The smallest absolute Gasteiger partial charge is 0.331 e. The van der Waals surface area contributed by atoms with Crippen LogP contribution in [0.2, 0.25) is 0 Å². The van der Waals surface area contributed by atoms with Gasteiger partial charge in [0.15, 0.2) is 0 Å². The number of carbonyl (C=O) groups is 1. The van der Waals surface area contributed by atoms with Gasteiger partial charge >= 0.3 is 6.18 Å². The third kappa shape index (κ3) is 5.17. The Balaban J connectivity index is 1.42. The summed E-state index contributed by atoms with van der Waals surface area (Å²) in [4.78, 5) is 20.4. The van der Waals surface area contributed by atoms with Crippen LogP contribution in [0.5, 0.6) is 0 Å². The highest BCUT2D eigenvalue weighted by atomic mass is 32.2. The van der Waals surface area contributed by atoms with Crippen molar-refractivity contribution >= 4 is 27.3 Å². The van der Waals surface area contributed by atoms with Crippen LogP contribution in [0, 0.1) is 0 Å². The van der Waals surface area contributed by atoms with Crippen LogP contribution >= 0.6 is 11.3 Å². The molecule has 0 spiro atoms. The van der Waals surface area contributed by atoms with Crippen molar-refractivity contribution in [2.45, 2.75) is 55.3 Å². The van der Waals surface area contributed by atoms with Crippen molar-refractivity contribution in [2.24, 2.45) is 0 Å². The zero-order chi connectivity index (χ0) is 26.2. The molecule has 0 N–H and O–H groups in total. The minimum Gasteiger partial charge on any atom is -0.331 e. The lowest BCUT2D eigenvalue weighted by atomic mass is 9.92. The average Bonchev–Trinajstić information content (AvgIpc) is 3.37. The van der Waals surface area contributed by atoms with E-state index in [9.17, 15) is 26.4 Å². The number of nitrogens with zero attached hydrogens (tertiary/aromatic N) is 3. The third-order valence-electron chi connectivity index (χ3n) is 7.06. The standard InChI is InChI=1S/C26H26F3N3O3S2/c27-26(28,29)19-4-3-6-21(16-19)37(34,35)32-13-2-1-5-20(32)17-24(33)31-14-9-23-22(10-15-36-23)25(31)18-7-11-30-12-8-18/h3-4,6-8,10-12,15-16,20,25H,1-2,5,9,13-14,17H2. The molecule has 0 radical (unpaired) electrons. The predicted molar refractivity (Wildman–Crippen MR) is 133 cm³/mol. The molecule has 1 saturated heterocycles. The lowest BCUT2D eigenvalue weighted by molar-refractivity contribution is -0.137. The Morgan fingerprint density at radius 2 is 1.86 bits per heavy atom. The van der Waals surface area contributed by atoms with Crippen molar-refractivity contribution < 1.29 is 26.4 Å². The van der Waals surface area contributed by atoms with Crippen molar-refractivity contribution in [2.75, 3.05) is 13.1 Å². The van der Waals surface area contributed by atoms with Gasteiger partial charge in [-0.2, -0.15) is 17.5 Å². The Labute approximate surface area is 217 Å². The van der Waals surface area contributed by atoms with Gasteiger partial charge in [0.2, 0.25) is 15.9 Å². The summed E-state index contributed by atoms with van der Waals surface area (Å²) in [6.45, 7) is 0.672. The molecule has 2 unspecified atom stereocenters. The van der Waals surface area contributed by atoms with Crippen molar-refractivity contribution in [1.29, 1.82) is 0 Å². The van der Waals surface area contributed by atoms with E-state index in [0.29, 0.717) is 25.5 Å². The number of thiophene rings is 1. The summed E-state index contributed by atoms with van der Waals surface area (Å²) >= 11 is 1.66. The monoisotopic (exact) mass is 549 g/mol. The Bertz CT molecular complexity index is 1380. The molecule has 1 aromatic carbocycles. The number of hydrogen-bond acceptors (Lipinski definition) is 5. The number of rotatable bonds is 5. The molecule has 2 aliphatic rings. The van der Waals surface area contributed by atoms with Gasteiger partial charge in [-0.15, -0.1) is 11.3 Å². The Hall–Kier alpha value is -2.76. The Morgan fingerprint density at radius 3 is 2.62 bits per heavy atom. The Kier molecular flexibility index (Phi) is 7.12. The third-order valence-corrected chi connectivity index (χ3v) is 10.0. The number of aromatic nitrogens is 1. The molecule has 1 amide bonds. The van der Waals surface area contributed by atoms with Gasteiger partial charge in [0.05, 0.1) is 16.5 Å². The van der Waals surface area contributed by atoms with Gasteiger partial charge in [0, 0.05) is 42.8 Å². The van der Waals surface area contributed by atoms with E-state index >= 15 is 0 Å². The van der Waals surface area contributed by atoms with Gasteiger partial charge in [-0.05, 0) is 72.2 Å². The molecule has 3 aromatic rings. The molecule has 2 atom stereocenters. The van der Waals surface area contributed by atoms with Crippen LogP contribution in [0.25, 0.3) is 0 Å². The van der Waals surface area contributed by atoms with Crippen LogP contribution in [0.4, 0.5) is 13.2 Å². The molecule has 1 fully saturated rings. The van der Waals surface area contributed by atoms with Crippen LogP contribution in [0.15, 0.2) is 65.1 Å². The quantitative estimate of drug-likeness (QED) is 0.435. The summed E-state index contributed by atoms with van der Waals surface area (Å²) in [7, 11) is -4.22. The summed E-state index contributed by atoms with van der Waals surface area (Å²) in [5, 5.41) is 2.01. The Morgan fingerprint density at radius 1 is 1.08 bits per heavy atom. The molecular formula is C26H26F3N3O3S2. The fraction of sp³-hybridized carbons (Fsp3) is 0.385. The van der Waals surface area contributed by atoms with E-state index in [1.165, 1.54) is 15.2 Å². The number of fused-ring (bicyclic) bond motifs is 1. The lowest BCUT2D eigenvalue weighted by Crippen LogP contribution is -2.48. The predicted octanol–water partition coefficient (Wildman–Crippen LogP) is 5.27. The molecule has 11 heteroatoms. The first-order valence-corrected chi connectivity index (χ1v) is 14.4. The summed E-state index contributed by atoms with van der Waals surface area (Å²) < 4.78 is 67.9. The van der Waals surface area contributed by atoms with Crippen molar-refractivity contribution in [3.63, 3.8) is 0 Å². The molecule has 6 nitrogen and oxygen atoms in total. The molecule has 37 heavy (non-hydrogen) atoms. The second-order valence-corrected chi connectivity index (χ2v) is 12.2. The minimum atomic E-state index is -4.65. The van der Waals surface area contributed by atoms with Crippen LogP contribution < -0.4 is 0 Å². The highest BCUT2D eigenvalue weighted by Crippen LogP contribution is 2.39. The fourth-order valence-corrected chi connectivity index (χ4v) is 7.91. The summed E-state index contributed by atoms with van der Waals surface area (Å²) in [6.07, 6.45) is 1.21. The average molecular weight is 550 g/mol. The molecular weight excluding hydrogens is 523 g/mol. The summed E-state index contributed by atoms with van der Waals surface area (Å²) in [5.41, 5.74) is 0.978. The van der Waals surface area contributed by atoms with Gasteiger partial charge in [-0.3, -0.25) is 9.78 Å². The first-order valence-electron chi connectivity index (χ1n) is 12.1. The van der Waals surface area contributed by atoms with E-state index in [1.54, 1.807) is 28.6 Å². The van der Waals surface area contributed by atoms with E-state index in [2.05, 4.69) is 4.98 Å². The van der Waals surface area contributed by atoms with Gasteiger partial charge in [-0.25, -0.2) is 8.42 Å². The second kappa shape index (κ2) is 10.2. The maximum absolute atomic E-state index is 13.7. The molecule has 0 aliphatic carbocycles. The van der Waals surface area contributed by atoms with E-state index in [-0.39, 0.29) is 24.9 Å². The van der Waals surface area contributed by atoms with E-state index < -0.39 is 32.7 Å². The largest absolute Gasteiger partial charge is 0.416 e. The van der Waals surface area contributed by atoms with Crippen LogP contribution in [0.3, 0.4) is 0 Å². The van der Waals surface area contributed by atoms with Crippen LogP contribution in [-0.2, 0) is 27.4 Å². The molecule has 196 valence electrons. The second-order valence-electron chi connectivity index (χ2n) is 9.31. The van der Waals surface area contributed by atoms with Crippen LogP contribution in [0.1, 0.15) is 53.3 Å². The van der Waals surface area contributed by atoms with Gasteiger partial charge in [0.25, 0.3) is 0 Å². The van der Waals surface area contributed by atoms with E-state index in [4.69, 9.17) is 0 Å². The van der Waals surface area contributed by atoms with Crippen molar-refractivity contribution in [1.82, 2.24) is 14.2 Å². The maximum atomic E-state index is 13.7. The van der Waals surface area contributed by atoms with Crippen molar-refractivity contribution in [3.05, 3.63) is 81.8 Å². The van der Waals surface area contributed by atoms with Crippen LogP contribution in [-0.4, -0.2) is 47.6 Å². The highest BCUT2D eigenvalue weighted by Gasteiger charge is 2.39. The van der Waals surface area contributed by atoms with Crippen molar-refractivity contribution in [3.8, 4) is 0 Å². The highest BCUT2D eigenvalue weighted by molar-refractivity contribution is 7.89. The van der Waals surface area contributed by atoms with E-state index in [1.807, 2.05) is 23.6 Å². The molecule has 4 heterocycles. The molecule has 2 aromatic heterocycles. The van der Waals surface area contributed by atoms with Gasteiger partial charge in [0.1, 0.15) is 0 Å². The molecule has 0 saturated carbocycles. The number of amides is 1.